The van der Waals surface area contributed by atoms with Crippen molar-refractivity contribution in [2.45, 2.75) is 33.3 Å². The van der Waals surface area contributed by atoms with E-state index in [0.717, 1.165) is 11.3 Å². The van der Waals surface area contributed by atoms with Gasteiger partial charge >= 0.3 is 6.03 Å². The van der Waals surface area contributed by atoms with Crippen LogP contribution in [-0.4, -0.2) is 17.7 Å². The number of hydrogen-bond acceptors (Lipinski definition) is 3. The van der Waals surface area contributed by atoms with Gasteiger partial charge in [-0.05, 0) is 63.1 Å². The van der Waals surface area contributed by atoms with Crippen LogP contribution in [0.15, 0.2) is 34.7 Å². The molecule has 1 heterocycles. The minimum atomic E-state index is -1.26. The smallest absolute Gasteiger partial charge is 0.319 e. The summed E-state index contributed by atoms with van der Waals surface area (Å²) >= 11 is 0. The van der Waals surface area contributed by atoms with E-state index >= 15 is 0 Å². The monoisotopic (exact) mass is 302 g/mol. The molecule has 2 amide bonds. The molecule has 22 heavy (non-hydrogen) atoms. The van der Waals surface area contributed by atoms with Crippen LogP contribution in [0.2, 0.25) is 0 Å². The summed E-state index contributed by atoms with van der Waals surface area (Å²) in [5, 5.41) is 15.8. The molecule has 0 aliphatic carbocycles. The first-order chi connectivity index (χ1) is 10.3. The SMILES string of the molecule is Cc1ccc(C(C)(O)CNC(=O)Nc2ccc(C)c(C)c2)o1. The lowest BCUT2D eigenvalue weighted by molar-refractivity contribution is 0.0364. The van der Waals surface area contributed by atoms with E-state index in [1.807, 2.05) is 32.0 Å². The van der Waals surface area contributed by atoms with Crippen LogP contribution in [0.1, 0.15) is 29.6 Å². The molecule has 0 saturated carbocycles. The van der Waals surface area contributed by atoms with E-state index in [-0.39, 0.29) is 12.6 Å². The number of amides is 2. The molecule has 3 N–H and O–H groups in total. The molecule has 1 aromatic carbocycles. The van der Waals surface area contributed by atoms with Gasteiger partial charge in [0.05, 0.1) is 6.54 Å². The second-order valence-corrected chi connectivity index (χ2v) is 5.79. The summed E-state index contributed by atoms with van der Waals surface area (Å²) in [6.07, 6.45) is 0. The molecule has 1 unspecified atom stereocenters. The Kier molecular flexibility index (Phi) is 4.56. The fourth-order valence-corrected chi connectivity index (χ4v) is 2.06. The summed E-state index contributed by atoms with van der Waals surface area (Å²) in [6, 6.07) is 8.81. The normalized spacial score (nSPS) is 13.5. The van der Waals surface area contributed by atoms with Crippen LogP contribution in [0, 0.1) is 20.8 Å². The van der Waals surface area contributed by atoms with Crippen LogP contribution in [0.3, 0.4) is 0 Å². The Balaban J connectivity index is 1.93. The van der Waals surface area contributed by atoms with Crippen molar-refractivity contribution in [3.63, 3.8) is 0 Å². The van der Waals surface area contributed by atoms with Crippen molar-refractivity contribution in [3.05, 3.63) is 53.0 Å². The number of nitrogens with one attached hydrogen (secondary N) is 2. The summed E-state index contributed by atoms with van der Waals surface area (Å²) in [5.41, 5.74) is 1.74. The van der Waals surface area contributed by atoms with Gasteiger partial charge < -0.3 is 20.2 Å². The van der Waals surface area contributed by atoms with E-state index in [2.05, 4.69) is 10.6 Å². The third kappa shape index (κ3) is 3.89. The van der Waals surface area contributed by atoms with Gasteiger partial charge in [-0.25, -0.2) is 4.79 Å². The maximum absolute atomic E-state index is 11.9. The summed E-state index contributed by atoms with van der Waals surface area (Å²) in [4.78, 5) is 11.9. The molecular weight excluding hydrogens is 280 g/mol. The molecule has 0 bridgehead atoms. The fourth-order valence-electron chi connectivity index (χ4n) is 2.06. The topological polar surface area (TPSA) is 74.5 Å². The molecule has 2 aromatic rings. The summed E-state index contributed by atoms with van der Waals surface area (Å²) in [6.45, 7) is 7.46. The molecule has 1 aromatic heterocycles. The minimum absolute atomic E-state index is 0.0522. The van der Waals surface area contributed by atoms with Crippen molar-refractivity contribution >= 4 is 11.7 Å². The van der Waals surface area contributed by atoms with Gasteiger partial charge in [0, 0.05) is 5.69 Å². The Bertz CT molecular complexity index is 674. The second-order valence-electron chi connectivity index (χ2n) is 5.79. The number of anilines is 1. The summed E-state index contributed by atoms with van der Waals surface area (Å²) in [7, 11) is 0. The molecule has 5 heteroatoms. The third-order valence-corrected chi connectivity index (χ3v) is 3.63. The van der Waals surface area contributed by atoms with Crippen molar-refractivity contribution in [1.29, 1.82) is 0 Å². The zero-order valence-electron chi connectivity index (χ0n) is 13.4. The highest BCUT2D eigenvalue weighted by molar-refractivity contribution is 5.89. The maximum atomic E-state index is 11.9. The summed E-state index contributed by atoms with van der Waals surface area (Å²) < 4.78 is 5.41. The zero-order valence-corrected chi connectivity index (χ0v) is 13.4. The molecule has 2 rings (SSSR count). The number of carbonyl (C=O) groups is 1. The average molecular weight is 302 g/mol. The van der Waals surface area contributed by atoms with Crippen LogP contribution >= 0.6 is 0 Å². The van der Waals surface area contributed by atoms with Crippen molar-refractivity contribution in [3.8, 4) is 0 Å². The second kappa shape index (κ2) is 6.23. The average Bonchev–Trinajstić information content (AvgIpc) is 2.88. The lowest BCUT2D eigenvalue weighted by atomic mass is 10.0. The molecule has 0 aliphatic heterocycles. The van der Waals surface area contributed by atoms with Gasteiger partial charge in [0.25, 0.3) is 0 Å². The number of furan rings is 1. The first-order valence-corrected chi connectivity index (χ1v) is 7.19. The van der Waals surface area contributed by atoms with Gasteiger partial charge in [0.15, 0.2) is 0 Å². The number of aliphatic hydroxyl groups is 1. The van der Waals surface area contributed by atoms with Crippen molar-refractivity contribution in [1.82, 2.24) is 5.32 Å². The van der Waals surface area contributed by atoms with Gasteiger partial charge in [-0.15, -0.1) is 0 Å². The van der Waals surface area contributed by atoms with E-state index in [9.17, 15) is 9.90 Å². The van der Waals surface area contributed by atoms with Gasteiger partial charge in [-0.2, -0.15) is 0 Å². The van der Waals surface area contributed by atoms with Crippen molar-refractivity contribution < 1.29 is 14.3 Å². The van der Waals surface area contributed by atoms with Crippen molar-refractivity contribution in [2.24, 2.45) is 0 Å². The molecule has 1 atom stereocenters. The van der Waals surface area contributed by atoms with Crippen LogP contribution in [0.4, 0.5) is 10.5 Å². The van der Waals surface area contributed by atoms with Gasteiger partial charge in [0.2, 0.25) is 0 Å². The number of benzene rings is 1. The highest BCUT2D eigenvalue weighted by Crippen LogP contribution is 2.22. The molecule has 0 saturated heterocycles. The maximum Gasteiger partial charge on any atom is 0.319 e. The van der Waals surface area contributed by atoms with E-state index < -0.39 is 5.60 Å². The molecule has 0 aliphatic rings. The first kappa shape index (κ1) is 16.1. The highest BCUT2D eigenvalue weighted by Gasteiger charge is 2.27. The Hall–Kier alpha value is -2.27. The largest absolute Gasteiger partial charge is 0.463 e. The summed E-state index contributed by atoms with van der Waals surface area (Å²) in [5.74, 6) is 1.14. The first-order valence-electron chi connectivity index (χ1n) is 7.19. The van der Waals surface area contributed by atoms with Crippen molar-refractivity contribution in [2.75, 3.05) is 11.9 Å². The van der Waals surface area contributed by atoms with Crippen LogP contribution < -0.4 is 10.6 Å². The van der Waals surface area contributed by atoms with E-state index in [4.69, 9.17) is 4.42 Å². The van der Waals surface area contributed by atoms with Crippen LogP contribution in [0.5, 0.6) is 0 Å². The fraction of sp³-hybridized carbons (Fsp3) is 0.353. The molecule has 0 radical (unpaired) electrons. The third-order valence-electron chi connectivity index (χ3n) is 3.63. The zero-order chi connectivity index (χ0) is 16.3. The number of carbonyl (C=O) groups excluding carboxylic acids is 1. The van der Waals surface area contributed by atoms with E-state index in [1.165, 1.54) is 5.56 Å². The van der Waals surface area contributed by atoms with Gasteiger partial charge in [-0.1, -0.05) is 6.07 Å². The minimum Gasteiger partial charge on any atom is -0.463 e. The molecule has 5 nitrogen and oxygen atoms in total. The van der Waals surface area contributed by atoms with Gasteiger partial charge in [-0.3, -0.25) is 0 Å². The highest BCUT2D eigenvalue weighted by atomic mass is 16.4. The number of rotatable bonds is 4. The lowest BCUT2D eigenvalue weighted by Gasteiger charge is -2.21. The molecular formula is C17H22N2O3. The van der Waals surface area contributed by atoms with Gasteiger partial charge in [0.1, 0.15) is 17.1 Å². The Labute approximate surface area is 130 Å². The van der Waals surface area contributed by atoms with E-state index in [0.29, 0.717) is 11.4 Å². The Morgan fingerprint density at radius 3 is 2.50 bits per heavy atom. The van der Waals surface area contributed by atoms with E-state index in [1.54, 1.807) is 26.0 Å². The predicted molar refractivity (Wildman–Crippen MR) is 86.0 cm³/mol. The number of urea groups is 1. The lowest BCUT2D eigenvalue weighted by Crippen LogP contribution is -2.40. The predicted octanol–water partition coefficient (Wildman–Crippen LogP) is 3.23. The van der Waals surface area contributed by atoms with Crippen LogP contribution in [-0.2, 0) is 5.60 Å². The molecule has 0 spiro atoms. The molecule has 118 valence electrons. The quantitative estimate of drug-likeness (QED) is 0.811. The standard InChI is InChI=1S/C17H22N2O3/c1-11-5-7-14(9-12(11)2)19-16(20)18-10-17(4,21)15-8-6-13(3)22-15/h5-9,21H,10H2,1-4H3,(H2,18,19,20). The molecule has 0 fully saturated rings. The number of hydrogen-bond donors (Lipinski definition) is 3. The Morgan fingerprint density at radius 1 is 1.18 bits per heavy atom. The Morgan fingerprint density at radius 2 is 1.91 bits per heavy atom. The van der Waals surface area contributed by atoms with Crippen LogP contribution in [0.25, 0.3) is 0 Å². The number of aryl methyl sites for hydroxylation is 3.